The first-order chi connectivity index (χ1) is 11.8. The van der Waals surface area contributed by atoms with Crippen molar-refractivity contribution in [1.29, 1.82) is 0 Å². The molecule has 0 aliphatic carbocycles. The van der Waals surface area contributed by atoms with Crippen LogP contribution in [-0.2, 0) is 4.79 Å². The lowest BCUT2D eigenvalue weighted by Gasteiger charge is -2.11. The number of benzene rings is 1. The van der Waals surface area contributed by atoms with Gasteiger partial charge in [0, 0.05) is 4.88 Å². The number of urea groups is 1. The maximum Gasteiger partial charge on any atom is 0.317 e. The SMILES string of the molecule is C=CCC(C(=O)O)c1cccc(-c2cc(C(N)=O)c(NC(N)=O)s2)c1. The van der Waals surface area contributed by atoms with Gasteiger partial charge in [-0.2, -0.15) is 0 Å². The van der Waals surface area contributed by atoms with Crippen molar-refractivity contribution in [2.24, 2.45) is 11.5 Å². The Kier molecular flexibility index (Phi) is 5.56. The predicted molar refractivity (Wildman–Crippen MR) is 96.7 cm³/mol. The van der Waals surface area contributed by atoms with Crippen LogP contribution >= 0.6 is 11.3 Å². The molecule has 0 fully saturated rings. The van der Waals surface area contributed by atoms with Crippen LogP contribution in [0.3, 0.4) is 0 Å². The molecule has 1 atom stereocenters. The first-order valence-electron chi connectivity index (χ1n) is 7.27. The van der Waals surface area contributed by atoms with E-state index in [0.29, 0.717) is 22.4 Å². The van der Waals surface area contributed by atoms with Gasteiger partial charge in [0.2, 0.25) is 0 Å². The average Bonchev–Trinajstić information content (AvgIpc) is 2.95. The minimum absolute atomic E-state index is 0.144. The predicted octanol–water partition coefficient (Wildman–Crippen LogP) is 2.75. The highest BCUT2D eigenvalue weighted by molar-refractivity contribution is 7.20. The average molecular weight is 359 g/mol. The number of amides is 3. The second-order valence-electron chi connectivity index (χ2n) is 5.25. The number of carbonyl (C=O) groups is 3. The first kappa shape index (κ1) is 18.2. The highest BCUT2D eigenvalue weighted by Crippen LogP contribution is 2.36. The fourth-order valence-electron chi connectivity index (χ4n) is 2.38. The molecule has 1 unspecified atom stereocenters. The van der Waals surface area contributed by atoms with Crippen molar-refractivity contribution in [3.63, 3.8) is 0 Å². The highest BCUT2D eigenvalue weighted by Gasteiger charge is 2.20. The van der Waals surface area contributed by atoms with E-state index in [1.165, 1.54) is 0 Å². The summed E-state index contributed by atoms with van der Waals surface area (Å²) in [5.41, 5.74) is 11.9. The van der Waals surface area contributed by atoms with Gasteiger partial charge in [-0.25, -0.2) is 4.79 Å². The smallest absolute Gasteiger partial charge is 0.317 e. The number of hydrogen-bond acceptors (Lipinski definition) is 4. The fraction of sp³-hybridized carbons (Fsp3) is 0.118. The summed E-state index contributed by atoms with van der Waals surface area (Å²) in [6.45, 7) is 3.59. The maximum atomic E-state index is 11.5. The third-order valence-electron chi connectivity index (χ3n) is 3.51. The van der Waals surface area contributed by atoms with E-state index in [1.54, 1.807) is 36.4 Å². The van der Waals surface area contributed by atoms with Crippen LogP contribution in [0.5, 0.6) is 0 Å². The normalized spacial score (nSPS) is 11.5. The molecule has 0 aliphatic rings. The van der Waals surface area contributed by atoms with Gasteiger partial charge in [0.1, 0.15) is 5.00 Å². The van der Waals surface area contributed by atoms with Crippen LogP contribution < -0.4 is 16.8 Å². The van der Waals surface area contributed by atoms with Crippen molar-refractivity contribution in [3.05, 3.63) is 54.1 Å². The molecule has 3 amide bonds. The van der Waals surface area contributed by atoms with Gasteiger partial charge >= 0.3 is 12.0 Å². The summed E-state index contributed by atoms with van der Waals surface area (Å²) in [5.74, 6) is -2.36. The molecule has 0 aliphatic heterocycles. The molecule has 0 bridgehead atoms. The Morgan fingerprint density at radius 2 is 2.00 bits per heavy atom. The topological polar surface area (TPSA) is 136 Å². The molecular weight excluding hydrogens is 342 g/mol. The summed E-state index contributed by atoms with van der Waals surface area (Å²) >= 11 is 1.13. The third kappa shape index (κ3) is 4.24. The lowest BCUT2D eigenvalue weighted by Crippen LogP contribution is -2.21. The fourth-order valence-corrected chi connectivity index (χ4v) is 3.44. The number of rotatable bonds is 7. The van der Waals surface area contributed by atoms with Crippen LogP contribution in [0, 0.1) is 0 Å². The van der Waals surface area contributed by atoms with Gasteiger partial charge < -0.3 is 16.6 Å². The molecule has 1 aromatic carbocycles. The molecule has 1 heterocycles. The summed E-state index contributed by atoms with van der Waals surface area (Å²) in [6, 6.07) is 7.70. The minimum Gasteiger partial charge on any atom is -0.481 e. The van der Waals surface area contributed by atoms with E-state index in [2.05, 4.69) is 11.9 Å². The van der Waals surface area contributed by atoms with Crippen molar-refractivity contribution >= 4 is 34.2 Å². The van der Waals surface area contributed by atoms with Crippen molar-refractivity contribution in [2.45, 2.75) is 12.3 Å². The number of anilines is 1. The zero-order chi connectivity index (χ0) is 18.6. The Morgan fingerprint density at radius 3 is 2.56 bits per heavy atom. The Bertz CT molecular complexity index is 844. The van der Waals surface area contributed by atoms with Crippen molar-refractivity contribution in [2.75, 3.05) is 5.32 Å². The third-order valence-corrected chi connectivity index (χ3v) is 4.61. The van der Waals surface area contributed by atoms with E-state index in [1.807, 2.05) is 0 Å². The number of carboxylic acids is 1. The Morgan fingerprint density at radius 1 is 1.28 bits per heavy atom. The molecule has 0 saturated carbocycles. The van der Waals surface area contributed by atoms with Crippen LogP contribution in [0.15, 0.2) is 43.0 Å². The van der Waals surface area contributed by atoms with Crippen LogP contribution in [0.4, 0.5) is 9.80 Å². The summed E-state index contributed by atoms with van der Waals surface area (Å²) in [5, 5.41) is 12.0. The van der Waals surface area contributed by atoms with Gasteiger partial charge in [-0.15, -0.1) is 17.9 Å². The largest absolute Gasteiger partial charge is 0.481 e. The maximum absolute atomic E-state index is 11.5. The Hall–Kier alpha value is -3.13. The number of hydrogen-bond donors (Lipinski definition) is 4. The van der Waals surface area contributed by atoms with Crippen LogP contribution in [0.2, 0.25) is 0 Å². The van der Waals surface area contributed by atoms with Gasteiger partial charge in [-0.1, -0.05) is 24.3 Å². The van der Waals surface area contributed by atoms with E-state index < -0.39 is 23.8 Å². The molecule has 2 aromatic rings. The second kappa shape index (κ2) is 7.63. The molecule has 8 heteroatoms. The minimum atomic E-state index is -0.947. The molecule has 1 aromatic heterocycles. The van der Waals surface area contributed by atoms with Crippen molar-refractivity contribution < 1.29 is 19.5 Å². The number of thiophene rings is 1. The van der Waals surface area contributed by atoms with E-state index >= 15 is 0 Å². The number of carboxylic acid groups (broad SMARTS) is 1. The van der Waals surface area contributed by atoms with Gasteiger partial charge in [-0.05, 0) is 29.7 Å². The summed E-state index contributed by atoms with van der Waals surface area (Å²) < 4.78 is 0. The number of primary amides is 2. The first-order valence-corrected chi connectivity index (χ1v) is 8.09. The zero-order valence-corrected chi connectivity index (χ0v) is 14.0. The molecule has 7 nitrogen and oxygen atoms in total. The molecular formula is C17H17N3O4S. The van der Waals surface area contributed by atoms with Gasteiger partial charge in [0.15, 0.2) is 0 Å². The molecule has 2 rings (SSSR count). The van der Waals surface area contributed by atoms with Gasteiger partial charge in [0.25, 0.3) is 5.91 Å². The Labute approximate surface area is 148 Å². The van der Waals surface area contributed by atoms with Gasteiger partial charge in [0.05, 0.1) is 11.5 Å². The van der Waals surface area contributed by atoms with Gasteiger partial charge in [-0.3, -0.25) is 14.9 Å². The van der Waals surface area contributed by atoms with E-state index in [9.17, 15) is 19.5 Å². The number of nitrogens with two attached hydrogens (primary N) is 2. The van der Waals surface area contributed by atoms with Crippen LogP contribution in [-0.4, -0.2) is 23.0 Å². The Balaban J connectivity index is 2.47. The molecule has 6 N–H and O–H groups in total. The zero-order valence-electron chi connectivity index (χ0n) is 13.2. The summed E-state index contributed by atoms with van der Waals surface area (Å²) in [6.07, 6.45) is 1.85. The van der Waals surface area contributed by atoms with Crippen LogP contribution in [0.25, 0.3) is 10.4 Å². The number of nitrogens with one attached hydrogen (secondary N) is 1. The summed E-state index contributed by atoms with van der Waals surface area (Å²) in [7, 11) is 0. The van der Waals surface area contributed by atoms with E-state index in [-0.39, 0.29) is 10.6 Å². The molecule has 130 valence electrons. The number of aliphatic carboxylic acids is 1. The lowest BCUT2D eigenvalue weighted by molar-refractivity contribution is -0.138. The number of allylic oxidation sites excluding steroid dienone is 1. The molecule has 0 spiro atoms. The monoisotopic (exact) mass is 359 g/mol. The quantitative estimate of drug-likeness (QED) is 0.565. The van der Waals surface area contributed by atoms with E-state index in [4.69, 9.17) is 11.5 Å². The highest BCUT2D eigenvalue weighted by atomic mass is 32.1. The molecule has 0 saturated heterocycles. The second-order valence-corrected chi connectivity index (χ2v) is 6.30. The van der Waals surface area contributed by atoms with Crippen molar-refractivity contribution in [1.82, 2.24) is 0 Å². The lowest BCUT2D eigenvalue weighted by atomic mass is 9.94. The van der Waals surface area contributed by atoms with Crippen molar-refractivity contribution in [3.8, 4) is 10.4 Å². The molecule has 25 heavy (non-hydrogen) atoms. The van der Waals surface area contributed by atoms with E-state index in [0.717, 1.165) is 11.3 Å². The standard InChI is InChI=1S/C17H17N3O4S/c1-2-4-11(16(22)23)9-5-3-6-10(7-9)13-8-12(14(18)21)15(25-13)20-17(19)24/h2-3,5-8,11H,1,4H2,(H2,18,21)(H,22,23)(H3,19,20,24). The van der Waals surface area contributed by atoms with Crippen LogP contribution in [0.1, 0.15) is 28.3 Å². The number of carbonyl (C=O) groups excluding carboxylic acids is 2. The molecule has 0 radical (unpaired) electrons. The summed E-state index contributed by atoms with van der Waals surface area (Å²) in [4.78, 5) is 34.7.